The van der Waals surface area contributed by atoms with Crippen molar-refractivity contribution in [3.05, 3.63) is 60.0 Å². The van der Waals surface area contributed by atoms with Gasteiger partial charge in [0.05, 0.1) is 5.52 Å². The number of aromatic nitrogens is 2. The van der Waals surface area contributed by atoms with Crippen molar-refractivity contribution in [1.82, 2.24) is 9.97 Å². The molecule has 1 aromatic carbocycles. The van der Waals surface area contributed by atoms with Crippen molar-refractivity contribution < 1.29 is 0 Å². The number of benzene rings is 1. The Morgan fingerprint density at radius 2 is 1.50 bits per heavy atom. The molecule has 2 aromatic heterocycles. The van der Waals surface area contributed by atoms with Gasteiger partial charge in [-0.05, 0) is 54.8 Å². The van der Waals surface area contributed by atoms with Crippen LogP contribution in [0.2, 0.25) is 0 Å². The summed E-state index contributed by atoms with van der Waals surface area (Å²) in [6.45, 7) is 8.16. The highest BCUT2D eigenvalue weighted by Gasteiger charge is 2.03. The summed E-state index contributed by atoms with van der Waals surface area (Å²) in [6.07, 6.45) is 3.63. The Hall–Kier alpha value is -2.22. The first kappa shape index (κ1) is 14.2. The minimum atomic E-state index is 1.06. The highest BCUT2D eigenvalue weighted by atomic mass is 14.7. The number of aryl methyl sites for hydroxylation is 2. The molecular formula is C18H20N2. The molecule has 0 atom stereocenters. The first-order chi connectivity index (χ1) is 9.74. The van der Waals surface area contributed by atoms with Crippen LogP contribution in [0.3, 0.4) is 0 Å². The Balaban J connectivity index is 0.000000704. The SMILES string of the molecule is CC.Cc1cc(C)c2ccc(-c3ccncc3)cc2n1. The minimum absolute atomic E-state index is 1.06. The van der Waals surface area contributed by atoms with Crippen molar-refractivity contribution in [1.29, 1.82) is 0 Å². The second-order valence-corrected chi connectivity index (χ2v) is 4.55. The van der Waals surface area contributed by atoms with E-state index in [-0.39, 0.29) is 0 Å². The number of hydrogen-bond donors (Lipinski definition) is 0. The molecule has 0 aliphatic carbocycles. The van der Waals surface area contributed by atoms with E-state index in [0.717, 1.165) is 11.2 Å². The number of hydrogen-bond acceptors (Lipinski definition) is 2. The van der Waals surface area contributed by atoms with Gasteiger partial charge < -0.3 is 0 Å². The summed E-state index contributed by atoms with van der Waals surface area (Å²) in [7, 11) is 0. The Labute approximate surface area is 120 Å². The van der Waals surface area contributed by atoms with Gasteiger partial charge >= 0.3 is 0 Å². The zero-order valence-electron chi connectivity index (χ0n) is 12.5. The maximum atomic E-state index is 4.61. The van der Waals surface area contributed by atoms with Gasteiger partial charge in [-0.2, -0.15) is 0 Å². The fourth-order valence-corrected chi connectivity index (χ4v) is 2.29. The molecule has 0 bridgehead atoms. The average molecular weight is 264 g/mol. The summed E-state index contributed by atoms with van der Waals surface area (Å²) in [5.74, 6) is 0. The van der Waals surface area contributed by atoms with Crippen molar-refractivity contribution in [3.63, 3.8) is 0 Å². The number of pyridine rings is 2. The number of rotatable bonds is 1. The molecule has 0 saturated carbocycles. The van der Waals surface area contributed by atoms with E-state index in [0.29, 0.717) is 0 Å². The smallest absolute Gasteiger partial charge is 0.0714 e. The van der Waals surface area contributed by atoms with Gasteiger partial charge in [0.15, 0.2) is 0 Å². The van der Waals surface area contributed by atoms with E-state index in [2.05, 4.69) is 41.2 Å². The highest BCUT2D eigenvalue weighted by Crippen LogP contribution is 2.25. The first-order valence-corrected chi connectivity index (χ1v) is 7.02. The van der Waals surface area contributed by atoms with Gasteiger partial charge in [-0.1, -0.05) is 26.0 Å². The maximum absolute atomic E-state index is 4.61. The first-order valence-electron chi connectivity index (χ1n) is 7.02. The van der Waals surface area contributed by atoms with E-state index in [1.807, 2.05) is 45.3 Å². The molecule has 0 N–H and O–H groups in total. The van der Waals surface area contributed by atoms with E-state index >= 15 is 0 Å². The van der Waals surface area contributed by atoms with Crippen LogP contribution in [0.5, 0.6) is 0 Å². The molecule has 102 valence electrons. The van der Waals surface area contributed by atoms with Crippen LogP contribution in [0.4, 0.5) is 0 Å². The molecule has 20 heavy (non-hydrogen) atoms. The zero-order valence-corrected chi connectivity index (χ0v) is 12.5. The van der Waals surface area contributed by atoms with E-state index in [9.17, 15) is 0 Å². The summed E-state index contributed by atoms with van der Waals surface area (Å²) in [5, 5.41) is 1.22. The molecule has 0 amide bonds. The number of fused-ring (bicyclic) bond motifs is 1. The molecule has 0 saturated heterocycles. The minimum Gasteiger partial charge on any atom is -0.265 e. The van der Waals surface area contributed by atoms with Crippen molar-refractivity contribution in [2.45, 2.75) is 27.7 Å². The molecule has 0 unspecified atom stereocenters. The largest absolute Gasteiger partial charge is 0.265 e. The van der Waals surface area contributed by atoms with Gasteiger partial charge in [0.1, 0.15) is 0 Å². The van der Waals surface area contributed by atoms with E-state index in [1.54, 1.807) is 0 Å². The molecule has 2 nitrogen and oxygen atoms in total. The van der Waals surface area contributed by atoms with Crippen molar-refractivity contribution in [2.24, 2.45) is 0 Å². The van der Waals surface area contributed by atoms with Gasteiger partial charge in [0, 0.05) is 23.5 Å². The molecular weight excluding hydrogens is 244 g/mol. The van der Waals surface area contributed by atoms with Crippen LogP contribution in [-0.2, 0) is 0 Å². The summed E-state index contributed by atoms with van der Waals surface area (Å²) in [5.41, 5.74) is 5.75. The van der Waals surface area contributed by atoms with Crippen molar-refractivity contribution in [2.75, 3.05) is 0 Å². The van der Waals surface area contributed by atoms with Crippen LogP contribution < -0.4 is 0 Å². The molecule has 3 aromatic rings. The monoisotopic (exact) mass is 264 g/mol. The van der Waals surface area contributed by atoms with E-state index in [4.69, 9.17) is 0 Å². The molecule has 0 radical (unpaired) electrons. The van der Waals surface area contributed by atoms with Crippen LogP contribution in [0.25, 0.3) is 22.0 Å². The molecule has 0 aliphatic rings. The predicted molar refractivity (Wildman–Crippen MR) is 85.8 cm³/mol. The van der Waals surface area contributed by atoms with Crippen LogP contribution >= 0.6 is 0 Å². The van der Waals surface area contributed by atoms with Gasteiger partial charge in [-0.3, -0.25) is 9.97 Å². The third-order valence-corrected chi connectivity index (χ3v) is 3.16. The van der Waals surface area contributed by atoms with Gasteiger partial charge in [0.2, 0.25) is 0 Å². The normalized spacial score (nSPS) is 10.0. The number of nitrogens with zero attached hydrogens (tertiary/aromatic N) is 2. The van der Waals surface area contributed by atoms with Crippen LogP contribution in [0, 0.1) is 13.8 Å². The highest BCUT2D eigenvalue weighted by molar-refractivity contribution is 5.86. The molecule has 3 rings (SSSR count). The standard InChI is InChI=1S/C16H14N2.C2H6/c1-11-9-12(2)18-16-10-14(3-4-15(11)16)13-5-7-17-8-6-13;1-2/h3-10H,1-2H3;1-2H3. The van der Waals surface area contributed by atoms with Gasteiger partial charge in [-0.25, -0.2) is 0 Å². The Morgan fingerprint density at radius 1 is 0.800 bits per heavy atom. The lowest BCUT2D eigenvalue weighted by atomic mass is 10.0. The predicted octanol–water partition coefficient (Wildman–Crippen LogP) is 4.94. The van der Waals surface area contributed by atoms with Gasteiger partial charge in [0.25, 0.3) is 0 Å². The summed E-state index contributed by atoms with van der Waals surface area (Å²) in [4.78, 5) is 8.65. The molecule has 0 fully saturated rings. The molecule has 0 aliphatic heterocycles. The van der Waals surface area contributed by atoms with Gasteiger partial charge in [-0.15, -0.1) is 0 Å². The second kappa shape index (κ2) is 6.29. The lowest BCUT2D eigenvalue weighted by molar-refractivity contribution is 1.23. The lowest BCUT2D eigenvalue weighted by Gasteiger charge is -2.06. The van der Waals surface area contributed by atoms with Crippen LogP contribution in [-0.4, -0.2) is 9.97 Å². The fraction of sp³-hybridized carbons (Fsp3) is 0.222. The van der Waals surface area contributed by atoms with Crippen LogP contribution in [0.15, 0.2) is 48.8 Å². The third kappa shape index (κ3) is 2.85. The average Bonchev–Trinajstić information content (AvgIpc) is 2.49. The Bertz CT molecular complexity index is 703. The second-order valence-electron chi connectivity index (χ2n) is 4.55. The topological polar surface area (TPSA) is 25.8 Å². The summed E-state index contributed by atoms with van der Waals surface area (Å²) < 4.78 is 0. The van der Waals surface area contributed by atoms with Crippen LogP contribution in [0.1, 0.15) is 25.1 Å². The fourth-order valence-electron chi connectivity index (χ4n) is 2.29. The molecule has 2 heterocycles. The Kier molecular flexibility index (Phi) is 4.46. The molecule has 0 spiro atoms. The lowest BCUT2D eigenvalue weighted by Crippen LogP contribution is -1.88. The summed E-state index contributed by atoms with van der Waals surface area (Å²) >= 11 is 0. The Morgan fingerprint density at radius 3 is 2.20 bits per heavy atom. The van der Waals surface area contributed by atoms with E-state index in [1.165, 1.54) is 22.1 Å². The van der Waals surface area contributed by atoms with E-state index < -0.39 is 0 Å². The molecule has 2 heteroatoms. The third-order valence-electron chi connectivity index (χ3n) is 3.16. The van der Waals surface area contributed by atoms with Crippen molar-refractivity contribution >= 4 is 10.9 Å². The maximum Gasteiger partial charge on any atom is 0.0714 e. The zero-order chi connectivity index (χ0) is 14.5. The quantitative estimate of drug-likeness (QED) is 0.622. The summed E-state index contributed by atoms with van der Waals surface area (Å²) in [6, 6.07) is 12.6. The van der Waals surface area contributed by atoms with Crippen molar-refractivity contribution in [3.8, 4) is 11.1 Å².